The predicted octanol–water partition coefficient (Wildman–Crippen LogP) is 2.46. The van der Waals surface area contributed by atoms with Crippen LogP contribution in [0.15, 0.2) is 36.7 Å². The van der Waals surface area contributed by atoms with Crippen molar-refractivity contribution in [2.24, 2.45) is 0 Å². The minimum absolute atomic E-state index is 0.0127. The molecule has 0 saturated heterocycles. The molecule has 0 aliphatic rings. The van der Waals surface area contributed by atoms with E-state index in [2.05, 4.69) is 14.7 Å². The molecule has 5 nitrogen and oxygen atoms in total. The van der Waals surface area contributed by atoms with Crippen LogP contribution in [0.2, 0.25) is 5.02 Å². The Kier molecular flexibility index (Phi) is 4.70. The van der Waals surface area contributed by atoms with Crippen molar-refractivity contribution in [3.63, 3.8) is 0 Å². The van der Waals surface area contributed by atoms with Crippen molar-refractivity contribution >= 4 is 21.6 Å². The van der Waals surface area contributed by atoms with E-state index in [0.717, 1.165) is 5.56 Å². The monoisotopic (exact) mass is 327 g/mol. The fraction of sp³-hybridized carbons (Fsp3) is 0.357. The molecule has 0 atom stereocenters. The number of imidazole rings is 1. The van der Waals surface area contributed by atoms with Crippen molar-refractivity contribution in [2.75, 3.05) is 5.75 Å². The van der Waals surface area contributed by atoms with Gasteiger partial charge in [-0.25, -0.2) is 18.1 Å². The molecule has 21 heavy (non-hydrogen) atoms. The fourth-order valence-electron chi connectivity index (χ4n) is 2.00. The third-order valence-corrected chi connectivity index (χ3v) is 4.89. The molecule has 0 amide bonds. The van der Waals surface area contributed by atoms with Crippen LogP contribution < -0.4 is 4.72 Å². The van der Waals surface area contributed by atoms with Gasteiger partial charge in [-0.2, -0.15) is 0 Å². The van der Waals surface area contributed by atoms with Crippen molar-refractivity contribution < 1.29 is 8.42 Å². The molecule has 0 spiro atoms. The highest BCUT2D eigenvalue weighted by Crippen LogP contribution is 2.17. The highest BCUT2D eigenvalue weighted by molar-refractivity contribution is 7.89. The summed E-state index contributed by atoms with van der Waals surface area (Å²) >= 11 is 5.80. The van der Waals surface area contributed by atoms with Gasteiger partial charge in [-0.3, -0.25) is 0 Å². The first-order valence-electron chi connectivity index (χ1n) is 6.54. The smallest absolute Gasteiger partial charge is 0.212 e. The number of hydrogen-bond donors (Lipinski definition) is 2. The maximum Gasteiger partial charge on any atom is 0.212 e. The molecule has 0 bridgehead atoms. The number of nitrogens with zero attached hydrogens (tertiary/aromatic N) is 1. The van der Waals surface area contributed by atoms with Gasteiger partial charge in [-0.1, -0.05) is 23.7 Å². The summed E-state index contributed by atoms with van der Waals surface area (Å²) in [4.78, 5) is 7.03. The second-order valence-electron chi connectivity index (χ2n) is 5.36. The Morgan fingerprint density at radius 2 is 1.95 bits per heavy atom. The van der Waals surface area contributed by atoms with Gasteiger partial charge in [0.2, 0.25) is 10.0 Å². The lowest BCUT2D eigenvalue weighted by Crippen LogP contribution is -2.43. The van der Waals surface area contributed by atoms with E-state index in [4.69, 9.17) is 11.6 Å². The number of aromatic amines is 1. The zero-order valence-corrected chi connectivity index (χ0v) is 13.5. The highest BCUT2D eigenvalue weighted by atomic mass is 35.5. The van der Waals surface area contributed by atoms with E-state index in [1.54, 1.807) is 38.4 Å². The van der Waals surface area contributed by atoms with Crippen LogP contribution in [0.4, 0.5) is 0 Å². The molecule has 0 aliphatic heterocycles. The van der Waals surface area contributed by atoms with Crippen LogP contribution in [-0.2, 0) is 22.0 Å². The standard InChI is InChI=1S/C14H18ClN3O2S/c1-14(2,13-16-8-9-17-13)18-21(19,20)10-7-11-3-5-12(15)6-4-11/h3-6,8-9,18H,7,10H2,1-2H3,(H,16,17). The third-order valence-electron chi connectivity index (χ3n) is 3.07. The molecule has 0 radical (unpaired) electrons. The molecule has 1 aromatic heterocycles. The summed E-state index contributed by atoms with van der Waals surface area (Å²) in [7, 11) is -3.42. The van der Waals surface area contributed by atoms with Gasteiger partial charge in [0.05, 0.1) is 11.3 Å². The van der Waals surface area contributed by atoms with Crippen LogP contribution in [0.1, 0.15) is 25.2 Å². The van der Waals surface area contributed by atoms with Gasteiger partial charge in [0, 0.05) is 17.4 Å². The van der Waals surface area contributed by atoms with Crippen LogP contribution in [0.3, 0.4) is 0 Å². The van der Waals surface area contributed by atoms with Crippen molar-refractivity contribution in [1.29, 1.82) is 0 Å². The summed E-state index contributed by atoms with van der Waals surface area (Å²) in [6.45, 7) is 3.54. The molecular formula is C14H18ClN3O2S. The van der Waals surface area contributed by atoms with Crippen LogP contribution in [-0.4, -0.2) is 24.1 Å². The Morgan fingerprint density at radius 1 is 1.29 bits per heavy atom. The Hall–Kier alpha value is -1.37. The molecule has 1 heterocycles. The topological polar surface area (TPSA) is 74.8 Å². The van der Waals surface area contributed by atoms with Gasteiger partial charge in [-0.05, 0) is 38.0 Å². The highest BCUT2D eigenvalue weighted by Gasteiger charge is 2.28. The number of halogens is 1. The normalized spacial score (nSPS) is 12.5. The number of H-pyrrole nitrogens is 1. The first-order valence-corrected chi connectivity index (χ1v) is 8.57. The Labute approximate surface area is 129 Å². The average molecular weight is 328 g/mol. The molecule has 2 N–H and O–H groups in total. The van der Waals surface area contributed by atoms with Gasteiger partial charge in [0.25, 0.3) is 0 Å². The van der Waals surface area contributed by atoms with E-state index in [-0.39, 0.29) is 5.75 Å². The minimum atomic E-state index is -3.42. The first-order chi connectivity index (χ1) is 9.78. The largest absolute Gasteiger partial charge is 0.347 e. The number of rotatable bonds is 6. The SMILES string of the molecule is CC(C)(NS(=O)(=O)CCc1ccc(Cl)cc1)c1ncc[nH]1. The molecule has 0 fully saturated rings. The first kappa shape index (κ1) is 16.0. The summed E-state index contributed by atoms with van der Waals surface area (Å²) in [5, 5.41) is 0.638. The van der Waals surface area contributed by atoms with Crippen molar-refractivity contribution in [3.8, 4) is 0 Å². The van der Waals surface area contributed by atoms with Crippen molar-refractivity contribution in [3.05, 3.63) is 53.1 Å². The van der Waals surface area contributed by atoms with E-state index in [9.17, 15) is 8.42 Å². The Morgan fingerprint density at radius 3 is 2.52 bits per heavy atom. The van der Waals surface area contributed by atoms with E-state index < -0.39 is 15.6 Å². The van der Waals surface area contributed by atoms with Gasteiger partial charge in [-0.15, -0.1) is 0 Å². The van der Waals surface area contributed by atoms with Gasteiger partial charge in [0.1, 0.15) is 5.82 Å². The van der Waals surface area contributed by atoms with E-state index in [1.807, 2.05) is 12.1 Å². The lowest BCUT2D eigenvalue weighted by atomic mass is 10.1. The summed E-state index contributed by atoms with van der Waals surface area (Å²) in [6, 6.07) is 7.17. The quantitative estimate of drug-likeness (QED) is 0.855. The summed E-state index contributed by atoms with van der Waals surface area (Å²) in [5.74, 6) is 0.594. The van der Waals surface area contributed by atoms with E-state index >= 15 is 0 Å². The summed E-state index contributed by atoms with van der Waals surface area (Å²) < 4.78 is 27.1. The zero-order chi connectivity index (χ0) is 15.5. The Bertz CT molecular complexity index is 680. The van der Waals surface area contributed by atoms with Crippen LogP contribution >= 0.6 is 11.6 Å². The van der Waals surface area contributed by atoms with Crippen molar-refractivity contribution in [1.82, 2.24) is 14.7 Å². The number of nitrogens with one attached hydrogen (secondary N) is 2. The summed E-state index contributed by atoms with van der Waals surface area (Å²) in [6.07, 6.45) is 3.69. The van der Waals surface area contributed by atoms with Gasteiger partial charge >= 0.3 is 0 Å². The second kappa shape index (κ2) is 6.17. The Balaban J connectivity index is 2.00. The number of aromatic nitrogens is 2. The second-order valence-corrected chi connectivity index (χ2v) is 7.64. The fourth-order valence-corrected chi connectivity index (χ4v) is 3.61. The molecule has 114 valence electrons. The minimum Gasteiger partial charge on any atom is -0.347 e. The molecule has 1 aromatic carbocycles. The maximum atomic E-state index is 12.2. The van der Waals surface area contributed by atoms with E-state index in [1.165, 1.54) is 0 Å². The number of benzene rings is 1. The zero-order valence-electron chi connectivity index (χ0n) is 11.9. The maximum absolute atomic E-state index is 12.2. The molecule has 0 aliphatic carbocycles. The van der Waals surface area contributed by atoms with Crippen molar-refractivity contribution in [2.45, 2.75) is 25.8 Å². The molecule has 0 unspecified atom stereocenters. The molecule has 2 aromatic rings. The molecular weight excluding hydrogens is 310 g/mol. The lowest BCUT2D eigenvalue weighted by Gasteiger charge is -2.23. The lowest BCUT2D eigenvalue weighted by molar-refractivity contribution is 0.450. The molecule has 2 rings (SSSR count). The number of sulfonamides is 1. The molecule has 0 saturated carbocycles. The van der Waals surface area contributed by atoms with Gasteiger partial charge < -0.3 is 4.98 Å². The number of aryl methyl sites for hydroxylation is 1. The van der Waals surface area contributed by atoms with Crippen LogP contribution in [0.25, 0.3) is 0 Å². The summed E-state index contributed by atoms with van der Waals surface area (Å²) in [5.41, 5.74) is 0.156. The third kappa shape index (κ3) is 4.56. The van der Waals surface area contributed by atoms with E-state index in [0.29, 0.717) is 17.3 Å². The van der Waals surface area contributed by atoms with Gasteiger partial charge in [0.15, 0.2) is 0 Å². The van der Waals surface area contributed by atoms with Crippen LogP contribution in [0.5, 0.6) is 0 Å². The van der Waals surface area contributed by atoms with Crippen LogP contribution in [0, 0.1) is 0 Å². The molecule has 7 heteroatoms. The predicted molar refractivity (Wildman–Crippen MR) is 83.7 cm³/mol. The number of hydrogen-bond acceptors (Lipinski definition) is 3. The average Bonchev–Trinajstić information content (AvgIpc) is 2.91.